The minimum atomic E-state index is -0.371. The molecule has 2 amide bonds. The minimum Gasteiger partial charge on any atom is -0.316 e. The van der Waals surface area contributed by atoms with E-state index in [2.05, 4.69) is 10.5 Å². The highest BCUT2D eigenvalue weighted by molar-refractivity contribution is 6.32. The van der Waals surface area contributed by atoms with Gasteiger partial charge in [0.2, 0.25) is 0 Å². The molecule has 0 spiro atoms. The van der Waals surface area contributed by atoms with Gasteiger partial charge in [-0.3, -0.25) is 14.5 Å². The maximum Gasteiger partial charge on any atom is 0.260 e. The molecule has 0 radical (unpaired) electrons. The van der Waals surface area contributed by atoms with Crippen LogP contribution in [0.3, 0.4) is 0 Å². The number of nitrogens with one attached hydrogen (secondary N) is 1. The van der Waals surface area contributed by atoms with Crippen LogP contribution in [0.4, 0.5) is 5.69 Å². The predicted octanol–water partition coefficient (Wildman–Crippen LogP) is 5.01. The van der Waals surface area contributed by atoms with Crippen molar-refractivity contribution in [3.8, 4) is 5.69 Å². The van der Waals surface area contributed by atoms with Gasteiger partial charge in [-0.05, 0) is 49.6 Å². The van der Waals surface area contributed by atoms with Crippen molar-refractivity contribution in [2.24, 2.45) is 5.10 Å². The zero-order valence-electron chi connectivity index (χ0n) is 18.2. The molecule has 0 saturated heterocycles. The Morgan fingerprint density at radius 3 is 2.55 bits per heavy atom. The number of para-hydroxylation sites is 1. The number of carbonyl (C=O) groups is 2. The zero-order chi connectivity index (χ0) is 23.1. The summed E-state index contributed by atoms with van der Waals surface area (Å²) in [5, 5.41) is 6.65. The fraction of sp³-hybridized carbons (Fsp3) is 0.115. The number of halogens is 1. The van der Waals surface area contributed by atoms with E-state index in [1.807, 2.05) is 79.1 Å². The number of nitrogens with zero attached hydrogens (tertiary/aromatic N) is 3. The Kier molecular flexibility index (Phi) is 5.23. The average Bonchev–Trinajstić information content (AvgIpc) is 3.24. The van der Waals surface area contributed by atoms with Gasteiger partial charge in [0.25, 0.3) is 11.8 Å². The first-order valence-corrected chi connectivity index (χ1v) is 10.9. The number of rotatable bonds is 5. The van der Waals surface area contributed by atoms with Gasteiger partial charge in [0.15, 0.2) is 0 Å². The lowest BCUT2D eigenvalue weighted by Crippen LogP contribution is -2.37. The predicted molar refractivity (Wildman–Crippen MR) is 132 cm³/mol. The molecule has 7 heteroatoms. The summed E-state index contributed by atoms with van der Waals surface area (Å²) < 4.78 is 2.05. The van der Waals surface area contributed by atoms with Gasteiger partial charge in [0.05, 0.1) is 22.6 Å². The molecular formula is C26H21ClN4O2. The fourth-order valence-corrected chi connectivity index (χ4v) is 4.63. The summed E-state index contributed by atoms with van der Waals surface area (Å²) in [6, 6.07) is 20.9. The molecule has 5 rings (SSSR count). The average molecular weight is 457 g/mol. The number of hydrogen-bond acceptors (Lipinski definition) is 3. The topological polar surface area (TPSA) is 66.7 Å². The Morgan fingerprint density at radius 1 is 1.03 bits per heavy atom. The van der Waals surface area contributed by atoms with Gasteiger partial charge in [-0.15, -0.1) is 0 Å². The Bertz CT molecular complexity index is 1450. The summed E-state index contributed by atoms with van der Waals surface area (Å²) >= 11 is 6.37. The summed E-state index contributed by atoms with van der Waals surface area (Å²) in [6.45, 7) is 3.85. The third-order valence-corrected chi connectivity index (χ3v) is 6.23. The van der Waals surface area contributed by atoms with E-state index in [-0.39, 0.29) is 18.4 Å². The van der Waals surface area contributed by atoms with Gasteiger partial charge in [0, 0.05) is 27.9 Å². The van der Waals surface area contributed by atoms with Crippen LogP contribution in [0.25, 0.3) is 16.5 Å². The second-order valence-electron chi connectivity index (χ2n) is 7.98. The Morgan fingerprint density at radius 2 is 1.76 bits per heavy atom. The number of hydrazone groups is 1. The number of hydrogen-bond donors (Lipinski definition) is 1. The molecule has 164 valence electrons. The summed E-state index contributed by atoms with van der Waals surface area (Å²) in [4.78, 5) is 26.9. The molecule has 33 heavy (non-hydrogen) atoms. The number of benzene rings is 3. The van der Waals surface area contributed by atoms with Crippen LogP contribution >= 0.6 is 11.6 Å². The molecule has 0 fully saturated rings. The second-order valence-corrected chi connectivity index (χ2v) is 8.39. The third-order valence-electron chi connectivity index (χ3n) is 5.91. The lowest BCUT2D eigenvalue weighted by molar-refractivity contribution is -0.119. The molecule has 4 aromatic rings. The molecule has 1 aliphatic rings. The molecule has 6 nitrogen and oxygen atoms in total. The second kappa shape index (κ2) is 8.22. The van der Waals surface area contributed by atoms with Crippen LogP contribution in [0.5, 0.6) is 0 Å². The highest BCUT2D eigenvalue weighted by Crippen LogP contribution is 2.36. The van der Waals surface area contributed by atoms with E-state index in [0.717, 1.165) is 39.1 Å². The molecular weight excluding hydrogens is 436 g/mol. The maximum absolute atomic E-state index is 12.8. The normalized spacial score (nSPS) is 12.8. The van der Waals surface area contributed by atoms with Gasteiger partial charge in [-0.2, -0.15) is 5.10 Å². The van der Waals surface area contributed by atoms with E-state index >= 15 is 0 Å². The van der Waals surface area contributed by atoms with Crippen molar-refractivity contribution in [2.75, 3.05) is 11.4 Å². The first-order chi connectivity index (χ1) is 16.0. The molecule has 3 aromatic carbocycles. The lowest BCUT2D eigenvalue weighted by Gasteiger charge is -2.16. The van der Waals surface area contributed by atoms with E-state index in [4.69, 9.17) is 11.6 Å². The van der Waals surface area contributed by atoms with Crippen molar-refractivity contribution < 1.29 is 9.59 Å². The molecule has 0 bridgehead atoms. The first kappa shape index (κ1) is 21.0. The highest BCUT2D eigenvalue weighted by atomic mass is 35.5. The minimum absolute atomic E-state index is 0.109. The number of aryl methyl sites for hydroxylation is 1. The van der Waals surface area contributed by atoms with Crippen molar-refractivity contribution in [3.05, 3.63) is 94.3 Å². The maximum atomic E-state index is 12.8. The van der Waals surface area contributed by atoms with E-state index in [9.17, 15) is 9.59 Å². The largest absolute Gasteiger partial charge is 0.316 e. The molecule has 1 aromatic heterocycles. The third kappa shape index (κ3) is 3.58. The van der Waals surface area contributed by atoms with E-state index < -0.39 is 0 Å². The van der Waals surface area contributed by atoms with Crippen molar-refractivity contribution >= 4 is 46.1 Å². The number of anilines is 1. The van der Waals surface area contributed by atoms with Crippen LogP contribution in [0.15, 0.2) is 71.8 Å². The van der Waals surface area contributed by atoms with Crippen molar-refractivity contribution in [1.29, 1.82) is 0 Å². The van der Waals surface area contributed by atoms with Crippen LogP contribution in [-0.4, -0.2) is 29.1 Å². The standard InChI is InChI=1S/C26H21ClN4O2/c1-16-13-19(17(2)31(16)22-11-4-3-10-21(22)27)14-28-29-24(32)15-30-23-12-6-8-18-7-5-9-20(25(18)23)26(30)33/h3-14H,15H2,1-2H3,(H,29,32). The van der Waals surface area contributed by atoms with E-state index in [0.29, 0.717) is 10.6 Å². The van der Waals surface area contributed by atoms with Crippen LogP contribution < -0.4 is 10.3 Å². The van der Waals surface area contributed by atoms with Gasteiger partial charge in [-0.1, -0.05) is 48.0 Å². The number of amides is 2. The summed E-state index contributed by atoms with van der Waals surface area (Å²) in [5.41, 5.74) is 7.62. The van der Waals surface area contributed by atoms with Gasteiger partial charge in [0.1, 0.15) is 6.54 Å². The molecule has 0 atom stereocenters. The van der Waals surface area contributed by atoms with E-state index in [1.54, 1.807) is 12.3 Å². The molecule has 0 saturated carbocycles. The molecule has 1 aliphatic heterocycles. The number of aromatic nitrogens is 1. The van der Waals surface area contributed by atoms with Crippen molar-refractivity contribution in [3.63, 3.8) is 0 Å². The van der Waals surface area contributed by atoms with Crippen molar-refractivity contribution in [2.45, 2.75) is 13.8 Å². The first-order valence-electron chi connectivity index (χ1n) is 10.5. The SMILES string of the molecule is Cc1cc(C=NNC(=O)CN2C(=O)c3cccc4cccc2c34)c(C)n1-c1ccccc1Cl. The van der Waals surface area contributed by atoms with Gasteiger partial charge >= 0.3 is 0 Å². The molecule has 2 heterocycles. The summed E-state index contributed by atoms with van der Waals surface area (Å²) in [6.07, 6.45) is 1.61. The Hall–Kier alpha value is -3.90. The van der Waals surface area contributed by atoms with Crippen LogP contribution in [0, 0.1) is 13.8 Å². The quantitative estimate of drug-likeness (QED) is 0.339. The van der Waals surface area contributed by atoms with Crippen LogP contribution in [-0.2, 0) is 4.79 Å². The molecule has 0 unspecified atom stereocenters. The zero-order valence-corrected chi connectivity index (χ0v) is 18.9. The smallest absolute Gasteiger partial charge is 0.260 e. The Labute approximate surface area is 196 Å². The highest BCUT2D eigenvalue weighted by Gasteiger charge is 2.30. The molecule has 0 aliphatic carbocycles. The van der Waals surface area contributed by atoms with Crippen LogP contribution in [0.1, 0.15) is 27.3 Å². The number of carbonyl (C=O) groups excluding carboxylic acids is 2. The Balaban J connectivity index is 1.32. The summed E-state index contributed by atoms with van der Waals surface area (Å²) in [7, 11) is 0. The molecule has 1 N–H and O–H groups in total. The lowest BCUT2D eigenvalue weighted by atomic mass is 10.1. The monoisotopic (exact) mass is 456 g/mol. The van der Waals surface area contributed by atoms with Gasteiger partial charge < -0.3 is 4.57 Å². The fourth-order valence-electron chi connectivity index (χ4n) is 4.41. The van der Waals surface area contributed by atoms with E-state index in [1.165, 1.54) is 4.90 Å². The van der Waals surface area contributed by atoms with Crippen molar-refractivity contribution in [1.82, 2.24) is 9.99 Å². The van der Waals surface area contributed by atoms with Crippen LogP contribution in [0.2, 0.25) is 5.02 Å². The summed E-state index contributed by atoms with van der Waals surface area (Å²) in [5.74, 6) is -0.548. The van der Waals surface area contributed by atoms with Gasteiger partial charge in [-0.25, -0.2) is 5.43 Å².